The Hall–Kier alpha value is -1.90. The summed E-state index contributed by atoms with van der Waals surface area (Å²) in [7, 11) is -4.31. The summed E-state index contributed by atoms with van der Waals surface area (Å²) >= 11 is 11.2. The van der Waals surface area contributed by atoms with E-state index in [2.05, 4.69) is 10.0 Å². The van der Waals surface area contributed by atoms with Crippen LogP contribution in [0.2, 0.25) is 5.02 Å². The van der Waals surface area contributed by atoms with Gasteiger partial charge < -0.3 is 5.32 Å². The first kappa shape index (κ1) is 18.4. The summed E-state index contributed by atoms with van der Waals surface area (Å²) in [6.07, 6.45) is 0. The summed E-state index contributed by atoms with van der Waals surface area (Å²) in [4.78, 5) is 10.8. The van der Waals surface area contributed by atoms with Crippen LogP contribution in [-0.4, -0.2) is 20.2 Å². The van der Waals surface area contributed by atoms with E-state index in [0.29, 0.717) is 18.2 Å². The number of hydrogen-bond donors (Lipinski definition) is 2. The Morgan fingerprint density at radius 1 is 1.04 bits per heavy atom. The monoisotopic (exact) mass is 394 g/mol. The zero-order valence-electron chi connectivity index (χ0n) is 11.8. The molecule has 10 heteroatoms. The minimum Gasteiger partial charge on any atom is -0.323 e. The lowest BCUT2D eigenvalue weighted by atomic mass is 10.2. The van der Waals surface area contributed by atoms with Crippen LogP contribution in [0.25, 0.3) is 0 Å². The fourth-order valence-corrected chi connectivity index (χ4v) is 3.13. The average molecular weight is 395 g/mol. The third-order valence-electron chi connectivity index (χ3n) is 2.77. The van der Waals surface area contributed by atoms with Crippen LogP contribution in [0.1, 0.15) is 0 Å². The van der Waals surface area contributed by atoms with E-state index in [9.17, 15) is 22.0 Å². The second kappa shape index (κ2) is 7.33. The second-order valence-electron chi connectivity index (χ2n) is 4.58. The quantitative estimate of drug-likeness (QED) is 0.760. The van der Waals surface area contributed by atoms with Gasteiger partial charge in [-0.1, -0.05) is 11.6 Å². The van der Waals surface area contributed by atoms with Crippen molar-refractivity contribution in [1.29, 1.82) is 0 Å². The molecule has 0 aromatic heterocycles. The molecule has 0 saturated carbocycles. The summed E-state index contributed by atoms with van der Waals surface area (Å²) in [6, 6.07) is 5.88. The van der Waals surface area contributed by atoms with Gasteiger partial charge >= 0.3 is 0 Å². The highest BCUT2D eigenvalue weighted by Gasteiger charge is 2.19. The molecule has 2 aromatic carbocycles. The van der Waals surface area contributed by atoms with E-state index >= 15 is 0 Å². The maximum atomic E-state index is 13.2. The number of halogens is 4. The first-order valence-corrected chi connectivity index (χ1v) is 8.75. The molecule has 2 N–H and O–H groups in total. The number of amides is 1. The average Bonchev–Trinajstić information content (AvgIpc) is 2.48. The number of anilines is 2. The summed E-state index contributed by atoms with van der Waals surface area (Å²) in [6.45, 7) is 0. The molecule has 2 rings (SSSR count). The molecule has 1 amide bonds. The number of rotatable bonds is 5. The largest absolute Gasteiger partial charge is 0.323 e. The van der Waals surface area contributed by atoms with Gasteiger partial charge in [-0.2, -0.15) is 0 Å². The SMILES string of the molecule is O=C(CCl)Nc1ccc(Cl)cc1NS(=O)(=O)c1cc(F)cc(F)c1. The molecule has 0 spiro atoms. The Kier molecular flexibility index (Phi) is 5.63. The van der Waals surface area contributed by atoms with Gasteiger partial charge in [0.2, 0.25) is 5.91 Å². The van der Waals surface area contributed by atoms with Crippen LogP contribution in [0.4, 0.5) is 20.2 Å². The number of hydrogen-bond acceptors (Lipinski definition) is 3. The molecule has 24 heavy (non-hydrogen) atoms. The van der Waals surface area contributed by atoms with Crippen LogP contribution >= 0.6 is 23.2 Å². The fourth-order valence-electron chi connectivity index (χ4n) is 1.78. The summed E-state index contributed by atoms with van der Waals surface area (Å²) < 4.78 is 53.2. The molecule has 0 saturated heterocycles. The maximum Gasteiger partial charge on any atom is 0.262 e. The lowest BCUT2D eigenvalue weighted by Gasteiger charge is -2.14. The molecule has 128 valence electrons. The fraction of sp³-hybridized carbons (Fsp3) is 0.0714. The van der Waals surface area contributed by atoms with Crippen molar-refractivity contribution in [3.8, 4) is 0 Å². The van der Waals surface area contributed by atoms with Gasteiger partial charge in [-0.3, -0.25) is 9.52 Å². The zero-order valence-corrected chi connectivity index (χ0v) is 14.1. The van der Waals surface area contributed by atoms with Gasteiger partial charge in [0.25, 0.3) is 10.0 Å². The van der Waals surface area contributed by atoms with E-state index in [1.807, 2.05) is 0 Å². The third kappa shape index (κ3) is 4.56. The number of carbonyl (C=O) groups excluding carboxylic acids is 1. The highest BCUT2D eigenvalue weighted by molar-refractivity contribution is 7.92. The summed E-state index contributed by atoms with van der Waals surface area (Å²) in [5.74, 6) is -3.00. The molecule has 0 heterocycles. The van der Waals surface area contributed by atoms with Crippen LogP contribution in [-0.2, 0) is 14.8 Å². The number of alkyl halides is 1. The van der Waals surface area contributed by atoms with Gasteiger partial charge in [0.1, 0.15) is 17.5 Å². The second-order valence-corrected chi connectivity index (χ2v) is 6.97. The predicted octanol–water partition coefficient (Wildman–Crippen LogP) is 3.60. The minimum atomic E-state index is -4.31. The van der Waals surface area contributed by atoms with E-state index in [0.717, 1.165) is 0 Å². The van der Waals surface area contributed by atoms with Crippen molar-refractivity contribution in [1.82, 2.24) is 0 Å². The molecule has 0 unspecified atom stereocenters. The van der Waals surface area contributed by atoms with Crippen LogP contribution in [0.5, 0.6) is 0 Å². The molecule has 0 fully saturated rings. The zero-order chi connectivity index (χ0) is 17.9. The van der Waals surface area contributed by atoms with Crippen LogP contribution < -0.4 is 10.0 Å². The Labute approximate surface area is 146 Å². The van der Waals surface area contributed by atoms with Gasteiger partial charge in [0.15, 0.2) is 0 Å². The molecular formula is C14H10Cl2F2N2O3S. The Balaban J connectivity index is 2.41. The molecule has 5 nitrogen and oxygen atoms in total. The molecule has 0 atom stereocenters. The van der Waals surface area contributed by atoms with E-state index in [1.165, 1.54) is 18.2 Å². The van der Waals surface area contributed by atoms with E-state index < -0.39 is 32.5 Å². The van der Waals surface area contributed by atoms with Crippen LogP contribution in [0, 0.1) is 11.6 Å². The lowest BCUT2D eigenvalue weighted by molar-refractivity contribution is -0.113. The van der Waals surface area contributed by atoms with Crippen molar-refractivity contribution in [3.05, 3.63) is 53.1 Å². The lowest BCUT2D eigenvalue weighted by Crippen LogP contribution is -2.18. The Bertz CT molecular complexity index is 871. The Morgan fingerprint density at radius 3 is 2.25 bits per heavy atom. The van der Waals surface area contributed by atoms with Crippen molar-refractivity contribution >= 4 is 50.5 Å². The number of sulfonamides is 1. The van der Waals surface area contributed by atoms with Gasteiger partial charge in [0.05, 0.1) is 16.3 Å². The van der Waals surface area contributed by atoms with Crippen molar-refractivity contribution in [3.63, 3.8) is 0 Å². The molecule has 0 radical (unpaired) electrons. The molecular weight excluding hydrogens is 385 g/mol. The van der Waals surface area contributed by atoms with Gasteiger partial charge in [-0.05, 0) is 30.3 Å². The third-order valence-corrected chi connectivity index (χ3v) is 4.59. The highest BCUT2D eigenvalue weighted by Crippen LogP contribution is 2.28. The van der Waals surface area contributed by atoms with Gasteiger partial charge in [-0.25, -0.2) is 17.2 Å². The smallest absolute Gasteiger partial charge is 0.262 e. The summed E-state index contributed by atoms with van der Waals surface area (Å²) in [5, 5.41) is 2.56. The van der Waals surface area contributed by atoms with E-state index in [1.54, 1.807) is 0 Å². The number of carbonyl (C=O) groups is 1. The van der Waals surface area contributed by atoms with Crippen molar-refractivity contribution in [2.45, 2.75) is 4.90 Å². The minimum absolute atomic E-state index is 0.0781. The van der Waals surface area contributed by atoms with Gasteiger partial charge in [0, 0.05) is 11.1 Å². The molecule has 2 aromatic rings. The highest BCUT2D eigenvalue weighted by atomic mass is 35.5. The number of benzene rings is 2. The van der Waals surface area contributed by atoms with Crippen molar-refractivity contribution in [2.24, 2.45) is 0 Å². The molecule has 0 bridgehead atoms. The normalized spacial score (nSPS) is 11.2. The van der Waals surface area contributed by atoms with Gasteiger partial charge in [-0.15, -0.1) is 11.6 Å². The van der Waals surface area contributed by atoms with Crippen LogP contribution in [0.15, 0.2) is 41.3 Å². The Morgan fingerprint density at radius 2 is 1.67 bits per heavy atom. The van der Waals surface area contributed by atoms with Crippen LogP contribution in [0.3, 0.4) is 0 Å². The predicted molar refractivity (Wildman–Crippen MR) is 88.0 cm³/mol. The topological polar surface area (TPSA) is 75.3 Å². The molecule has 0 aliphatic heterocycles. The standard InChI is InChI=1S/C14H10Cl2F2N2O3S/c15-7-14(21)19-12-2-1-8(16)3-13(12)20-24(22,23)11-5-9(17)4-10(18)6-11/h1-6,20H,7H2,(H,19,21). The van der Waals surface area contributed by atoms with Crippen molar-refractivity contribution in [2.75, 3.05) is 15.9 Å². The van der Waals surface area contributed by atoms with E-state index in [-0.39, 0.29) is 22.3 Å². The maximum absolute atomic E-state index is 13.2. The number of nitrogens with one attached hydrogen (secondary N) is 2. The van der Waals surface area contributed by atoms with E-state index in [4.69, 9.17) is 23.2 Å². The molecule has 0 aliphatic rings. The first-order valence-electron chi connectivity index (χ1n) is 6.35. The summed E-state index contributed by atoms with van der Waals surface area (Å²) in [5.41, 5.74) is 0.0103. The van der Waals surface area contributed by atoms with Crippen molar-refractivity contribution < 1.29 is 22.0 Å². The molecule has 0 aliphatic carbocycles. The first-order chi connectivity index (χ1) is 11.2.